The van der Waals surface area contributed by atoms with Crippen LogP contribution in [0.4, 0.5) is 13.2 Å². The van der Waals surface area contributed by atoms with Crippen LogP contribution in [0.5, 0.6) is 0 Å². The highest BCUT2D eigenvalue weighted by Gasteiger charge is 2.32. The Bertz CT molecular complexity index is 4210. The van der Waals surface area contributed by atoms with Crippen LogP contribution in [0.3, 0.4) is 0 Å². The molecule has 0 aliphatic rings. The van der Waals surface area contributed by atoms with E-state index in [-0.39, 0.29) is 0 Å². The van der Waals surface area contributed by atoms with E-state index in [1.54, 1.807) is 29.6 Å². The number of aryl methyl sites for hydroxylation is 1. The molecule has 0 spiro atoms. The smallest absolute Gasteiger partial charge is 0.309 e. The van der Waals surface area contributed by atoms with Crippen molar-refractivity contribution in [3.63, 3.8) is 0 Å². The number of nitriles is 1. The summed E-state index contributed by atoms with van der Waals surface area (Å²) in [5, 5.41) is 19.8. The summed E-state index contributed by atoms with van der Waals surface area (Å²) in [5.41, 5.74) is 8.42. The van der Waals surface area contributed by atoms with Crippen LogP contribution in [0.25, 0.3) is 118 Å². The van der Waals surface area contributed by atoms with Crippen molar-refractivity contribution in [1.82, 2.24) is 9.13 Å². The van der Waals surface area contributed by atoms with Crippen molar-refractivity contribution in [2.45, 2.75) is 13.1 Å². The summed E-state index contributed by atoms with van der Waals surface area (Å²) in [4.78, 5) is 0. The second kappa shape index (κ2) is 13.9. The Morgan fingerprint density at radius 3 is 1.66 bits per heavy atom. The lowest BCUT2D eigenvalue weighted by Crippen LogP contribution is -2.06. The maximum Gasteiger partial charge on any atom is 0.416 e. The van der Waals surface area contributed by atoms with Crippen LogP contribution in [0, 0.1) is 18.3 Å². The van der Waals surface area contributed by atoms with E-state index in [0.717, 1.165) is 60.5 Å². The van der Waals surface area contributed by atoms with E-state index in [1.165, 1.54) is 52.5 Å². The molecule has 0 aliphatic heterocycles. The van der Waals surface area contributed by atoms with Gasteiger partial charge in [-0.2, -0.15) is 18.4 Å². The highest BCUT2D eigenvalue weighted by Crippen LogP contribution is 2.48. The molecule has 9 aromatic carbocycles. The number of nitrogens with zero attached hydrogens (tertiary/aromatic N) is 3. The summed E-state index contributed by atoms with van der Waals surface area (Å²) in [7, 11) is 0. The number of halogens is 3. The molecule has 0 radical (unpaired) electrons. The molecule has 8 heteroatoms. The summed E-state index contributed by atoms with van der Waals surface area (Å²) in [6, 6.07) is 61.0. The first kappa shape index (κ1) is 37.8. The zero-order valence-electron chi connectivity index (χ0n) is 34.5. The number of hydrogen-bond donors (Lipinski definition) is 0. The van der Waals surface area contributed by atoms with Crippen LogP contribution in [-0.4, -0.2) is 9.13 Å². The molecule has 3 nitrogen and oxygen atoms in total. The molecular formula is C57H32F3N3S2. The molecule has 4 heterocycles. The van der Waals surface area contributed by atoms with Crippen molar-refractivity contribution >= 4 is 107 Å². The Morgan fingerprint density at radius 1 is 0.477 bits per heavy atom. The van der Waals surface area contributed by atoms with Gasteiger partial charge >= 0.3 is 6.18 Å². The number of para-hydroxylation sites is 2. The molecule has 4 aromatic heterocycles. The zero-order valence-corrected chi connectivity index (χ0v) is 36.2. The summed E-state index contributed by atoms with van der Waals surface area (Å²) in [5.74, 6) is 0. The minimum absolute atomic E-state index is 0.440. The number of fused-ring (bicyclic) bond motifs is 14. The molecule has 0 atom stereocenters. The number of hydrogen-bond acceptors (Lipinski definition) is 3. The van der Waals surface area contributed by atoms with Crippen molar-refractivity contribution in [3.8, 4) is 39.7 Å². The van der Waals surface area contributed by atoms with Gasteiger partial charge in [-0.3, -0.25) is 0 Å². The van der Waals surface area contributed by atoms with Crippen LogP contribution in [-0.2, 0) is 6.18 Å². The monoisotopic (exact) mass is 879 g/mol. The second-order valence-electron chi connectivity index (χ2n) is 16.7. The standard InChI is InChI=1S/C57H32F3N3S2/c1-32-26-34(29-35(27-32)57(58,59)60)37-20-19-36(62-46-14-6-2-12-42(46)53-49(62)24-21-40-38-10-4-8-16-51(38)64-55(40)53)30-44(37)45-28-33(31-61)18-23-48(45)63-47-15-7-3-13-43(47)54-50(63)25-22-41-39-11-5-9-17-52(39)65-56(41)54/h2-30H,1H3. The molecule has 0 unspecified atom stereocenters. The van der Waals surface area contributed by atoms with Gasteiger partial charge in [-0.1, -0.05) is 97.1 Å². The largest absolute Gasteiger partial charge is 0.416 e. The third-order valence-corrected chi connectivity index (χ3v) is 15.4. The minimum Gasteiger partial charge on any atom is -0.309 e. The maximum atomic E-state index is 14.6. The first-order valence-corrected chi connectivity index (χ1v) is 22.9. The highest BCUT2D eigenvalue weighted by atomic mass is 32.1. The average Bonchev–Trinajstić information content (AvgIpc) is 4.08. The van der Waals surface area contributed by atoms with Crippen LogP contribution in [0.1, 0.15) is 16.7 Å². The summed E-state index contributed by atoms with van der Waals surface area (Å²) in [6.45, 7) is 1.70. The van der Waals surface area contributed by atoms with Gasteiger partial charge in [0, 0.05) is 73.1 Å². The molecule has 0 N–H and O–H groups in total. The minimum atomic E-state index is -4.55. The number of rotatable bonds is 4. The van der Waals surface area contributed by atoms with Crippen LogP contribution >= 0.6 is 22.7 Å². The molecule has 0 fully saturated rings. The first-order valence-electron chi connectivity index (χ1n) is 21.3. The fourth-order valence-corrected chi connectivity index (χ4v) is 12.8. The maximum absolute atomic E-state index is 14.6. The lowest BCUT2D eigenvalue weighted by atomic mass is 9.90. The molecule has 0 saturated heterocycles. The number of alkyl halides is 3. The van der Waals surface area contributed by atoms with Crippen molar-refractivity contribution in [2.75, 3.05) is 0 Å². The van der Waals surface area contributed by atoms with Crippen molar-refractivity contribution in [1.29, 1.82) is 5.26 Å². The molecule has 0 bridgehead atoms. The molecule has 0 aliphatic carbocycles. The number of benzene rings is 9. The van der Waals surface area contributed by atoms with Crippen LogP contribution < -0.4 is 0 Å². The third kappa shape index (κ3) is 5.59. The van der Waals surface area contributed by atoms with Crippen LogP contribution in [0.15, 0.2) is 176 Å². The Labute approximate surface area is 377 Å². The normalized spacial score (nSPS) is 12.3. The van der Waals surface area contributed by atoms with Gasteiger partial charge in [0.15, 0.2) is 0 Å². The van der Waals surface area contributed by atoms with Crippen molar-refractivity contribution < 1.29 is 13.2 Å². The zero-order chi connectivity index (χ0) is 43.7. The van der Waals surface area contributed by atoms with Crippen molar-refractivity contribution in [2.24, 2.45) is 0 Å². The van der Waals surface area contributed by atoms with E-state index >= 15 is 0 Å². The van der Waals surface area contributed by atoms with E-state index in [2.05, 4.69) is 130 Å². The molecule has 65 heavy (non-hydrogen) atoms. The molecule has 0 amide bonds. The lowest BCUT2D eigenvalue weighted by Gasteiger charge is -2.20. The van der Waals surface area contributed by atoms with Gasteiger partial charge in [-0.25, -0.2) is 0 Å². The predicted octanol–water partition coefficient (Wildman–Crippen LogP) is 17.1. The SMILES string of the molecule is Cc1cc(-c2ccc(-n3c4ccccc4c4c5sc6ccccc6c5ccc43)cc2-c2cc(C#N)ccc2-n2c3ccccc3c3c4sc5ccccc5c4ccc32)cc(C(F)(F)F)c1. The summed E-state index contributed by atoms with van der Waals surface area (Å²) >= 11 is 3.57. The predicted molar refractivity (Wildman–Crippen MR) is 266 cm³/mol. The van der Waals surface area contributed by atoms with Gasteiger partial charge in [0.1, 0.15) is 0 Å². The average molecular weight is 880 g/mol. The Hall–Kier alpha value is -7.70. The Balaban J connectivity index is 1.14. The molecular weight excluding hydrogens is 848 g/mol. The second-order valence-corrected chi connectivity index (χ2v) is 18.8. The van der Waals surface area contributed by atoms with Gasteiger partial charge < -0.3 is 9.13 Å². The van der Waals surface area contributed by atoms with E-state index in [9.17, 15) is 18.4 Å². The fourth-order valence-electron chi connectivity index (χ4n) is 10.3. The highest BCUT2D eigenvalue weighted by molar-refractivity contribution is 7.27. The van der Waals surface area contributed by atoms with Gasteiger partial charge in [0.05, 0.1) is 45.0 Å². The number of aromatic nitrogens is 2. The molecule has 13 rings (SSSR count). The van der Waals surface area contributed by atoms with Gasteiger partial charge in [-0.05, 0) is 108 Å². The Morgan fingerprint density at radius 2 is 1.05 bits per heavy atom. The van der Waals surface area contributed by atoms with E-state index in [0.29, 0.717) is 27.8 Å². The topological polar surface area (TPSA) is 33.6 Å². The third-order valence-electron chi connectivity index (χ3n) is 13.0. The molecule has 0 saturated carbocycles. The molecule has 308 valence electrons. The molecule has 13 aromatic rings. The van der Waals surface area contributed by atoms with Gasteiger partial charge in [0.25, 0.3) is 0 Å². The quantitative estimate of drug-likeness (QED) is 0.173. The first-order chi connectivity index (χ1) is 31.7. The van der Waals surface area contributed by atoms with Crippen molar-refractivity contribution in [3.05, 3.63) is 193 Å². The van der Waals surface area contributed by atoms with E-state index < -0.39 is 11.7 Å². The Kier molecular flexibility index (Phi) is 8.09. The van der Waals surface area contributed by atoms with Crippen LogP contribution in [0.2, 0.25) is 0 Å². The van der Waals surface area contributed by atoms with E-state index in [4.69, 9.17) is 0 Å². The lowest BCUT2D eigenvalue weighted by molar-refractivity contribution is -0.137. The fraction of sp³-hybridized carbons (Fsp3) is 0.0351. The summed E-state index contributed by atoms with van der Waals surface area (Å²) < 4.78 is 53.1. The number of thiophene rings is 2. The summed E-state index contributed by atoms with van der Waals surface area (Å²) in [6.07, 6.45) is -4.55. The van der Waals surface area contributed by atoms with Gasteiger partial charge in [-0.15, -0.1) is 22.7 Å². The van der Waals surface area contributed by atoms with Gasteiger partial charge in [0.2, 0.25) is 0 Å². The van der Waals surface area contributed by atoms with E-state index in [1.807, 2.05) is 48.5 Å².